The van der Waals surface area contributed by atoms with Gasteiger partial charge in [-0.25, -0.2) is 0 Å². The summed E-state index contributed by atoms with van der Waals surface area (Å²) in [5.41, 5.74) is 0.609. The first-order chi connectivity index (χ1) is 7.61. The van der Waals surface area contributed by atoms with Gasteiger partial charge < -0.3 is 5.11 Å². The Bertz CT molecular complexity index is 378. The second-order valence-corrected chi connectivity index (χ2v) is 4.39. The Labute approximate surface area is 97.8 Å². The smallest absolute Gasteiger partial charge is 0.323 e. The maximum atomic E-state index is 11.0. The predicted molar refractivity (Wildman–Crippen MR) is 61.7 cm³/mol. The second-order valence-electron chi connectivity index (χ2n) is 3.30. The van der Waals surface area contributed by atoms with E-state index in [-0.39, 0.29) is 12.3 Å². The lowest BCUT2D eigenvalue weighted by Gasteiger charge is -1.98. The fourth-order valence-electron chi connectivity index (χ4n) is 1.44. The molecular weight excluding hydrogens is 230 g/mol. The zero-order valence-corrected chi connectivity index (χ0v) is 10.2. The molecule has 0 amide bonds. The molecule has 1 aromatic heterocycles. The Morgan fingerprint density at radius 1 is 1.62 bits per heavy atom. The molecule has 0 saturated heterocycles. The van der Waals surface area contributed by atoms with Crippen molar-refractivity contribution in [2.75, 3.05) is 12.4 Å². The quantitative estimate of drug-likeness (QED) is 0.465. The van der Waals surface area contributed by atoms with E-state index in [2.05, 4.69) is 5.10 Å². The number of hydrogen-bond acceptors (Lipinski definition) is 5. The van der Waals surface area contributed by atoms with Crippen molar-refractivity contribution in [3.8, 4) is 0 Å². The molecule has 0 atom stereocenters. The van der Waals surface area contributed by atoms with Crippen molar-refractivity contribution in [3.63, 3.8) is 0 Å². The topological polar surface area (TPSA) is 81.2 Å². The SMILES string of the molecule is CCCc1nn(C)c(SCCO)c1[N+](=O)[O-]. The van der Waals surface area contributed by atoms with Crippen molar-refractivity contribution in [1.82, 2.24) is 9.78 Å². The molecule has 0 fully saturated rings. The van der Waals surface area contributed by atoms with Crippen LogP contribution < -0.4 is 0 Å². The van der Waals surface area contributed by atoms with Crippen LogP contribution in [0.5, 0.6) is 0 Å². The first kappa shape index (κ1) is 13.0. The third-order valence-electron chi connectivity index (χ3n) is 2.04. The lowest BCUT2D eigenvalue weighted by atomic mass is 10.2. The highest BCUT2D eigenvalue weighted by molar-refractivity contribution is 7.99. The molecule has 0 aliphatic carbocycles. The van der Waals surface area contributed by atoms with Gasteiger partial charge in [-0.3, -0.25) is 14.8 Å². The monoisotopic (exact) mass is 245 g/mol. The molecule has 1 aromatic rings. The van der Waals surface area contributed by atoms with E-state index in [1.54, 1.807) is 7.05 Å². The molecule has 0 aliphatic heterocycles. The summed E-state index contributed by atoms with van der Waals surface area (Å²) < 4.78 is 1.52. The van der Waals surface area contributed by atoms with Crippen LogP contribution in [-0.4, -0.2) is 32.2 Å². The van der Waals surface area contributed by atoms with Gasteiger partial charge in [0.05, 0.1) is 11.5 Å². The van der Waals surface area contributed by atoms with Gasteiger partial charge in [0, 0.05) is 12.8 Å². The summed E-state index contributed by atoms with van der Waals surface area (Å²) in [7, 11) is 1.69. The van der Waals surface area contributed by atoms with E-state index < -0.39 is 4.92 Å². The molecular formula is C9H15N3O3S. The van der Waals surface area contributed by atoms with Crippen molar-refractivity contribution >= 4 is 17.4 Å². The van der Waals surface area contributed by atoms with E-state index in [1.165, 1.54) is 16.4 Å². The van der Waals surface area contributed by atoms with Crippen LogP contribution in [0.1, 0.15) is 19.0 Å². The maximum Gasteiger partial charge on any atom is 0.323 e. The van der Waals surface area contributed by atoms with E-state index in [0.29, 0.717) is 22.9 Å². The summed E-state index contributed by atoms with van der Waals surface area (Å²) in [5.74, 6) is 0.436. The van der Waals surface area contributed by atoms with Crippen molar-refractivity contribution in [2.24, 2.45) is 7.05 Å². The van der Waals surface area contributed by atoms with E-state index in [4.69, 9.17) is 5.11 Å². The summed E-state index contributed by atoms with van der Waals surface area (Å²) in [6, 6.07) is 0. The minimum Gasteiger partial charge on any atom is -0.396 e. The van der Waals surface area contributed by atoms with Crippen LogP contribution in [0.25, 0.3) is 0 Å². The number of aromatic nitrogens is 2. The zero-order chi connectivity index (χ0) is 12.1. The maximum absolute atomic E-state index is 11.0. The number of hydrogen-bond donors (Lipinski definition) is 1. The Morgan fingerprint density at radius 2 is 2.31 bits per heavy atom. The lowest BCUT2D eigenvalue weighted by molar-refractivity contribution is -0.388. The average Bonchev–Trinajstić information content (AvgIpc) is 2.52. The standard InChI is InChI=1S/C9H15N3O3S/c1-3-4-7-8(12(14)15)9(11(2)10-7)16-6-5-13/h13H,3-6H2,1-2H3. The van der Waals surface area contributed by atoms with Gasteiger partial charge in [0.25, 0.3) is 0 Å². The average molecular weight is 245 g/mol. The summed E-state index contributed by atoms with van der Waals surface area (Å²) in [4.78, 5) is 10.6. The number of thioether (sulfide) groups is 1. The minimum atomic E-state index is -0.391. The molecule has 90 valence electrons. The lowest BCUT2D eigenvalue weighted by Crippen LogP contribution is -1.97. The number of aliphatic hydroxyl groups excluding tert-OH is 1. The van der Waals surface area contributed by atoms with Crippen molar-refractivity contribution in [3.05, 3.63) is 15.8 Å². The summed E-state index contributed by atoms with van der Waals surface area (Å²) in [5, 5.41) is 24.4. The van der Waals surface area contributed by atoms with E-state index in [9.17, 15) is 10.1 Å². The van der Waals surface area contributed by atoms with Crippen LogP contribution in [0.4, 0.5) is 5.69 Å². The molecule has 0 aliphatic rings. The Morgan fingerprint density at radius 3 is 2.81 bits per heavy atom. The Balaban J connectivity index is 3.08. The van der Waals surface area contributed by atoms with Gasteiger partial charge >= 0.3 is 5.69 Å². The molecule has 0 unspecified atom stereocenters. The molecule has 16 heavy (non-hydrogen) atoms. The summed E-state index contributed by atoms with van der Waals surface area (Å²) in [6.07, 6.45) is 1.42. The van der Waals surface area contributed by atoms with Gasteiger partial charge in [-0.05, 0) is 6.42 Å². The van der Waals surface area contributed by atoms with Gasteiger partial charge in [0.1, 0.15) is 5.69 Å². The highest BCUT2D eigenvalue weighted by Gasteiger charge is 2.25. The Kier molecular flexibility index (Phi) is 4.75. The van der Waals surface area contributed by atoms with Gasteiger partial charge in [-0.1, -0.05) is 25.1 Å². The van der Waals surface area contributed by atoms with Gasteiger partial charge in [0.15, 0.2) is 5.03 Å². The van der Waals surface area contributed by atoms with E-state index in [1.807, 2.05) is 6.92 Å². The van der Waals surface area contributed by atoms with Crippen molar-refractivity contribution in [2.45, 2.75) is 24.8 Å². The van der Waals surface area contributed by atoms with Crippen LogP contribution in [0.15, 0.2) is 5.03 Å². The highest BCUT2D eigenvalue weighted by atomic mass is 32.2. The van der Waals surface area contributed by atoms with Crippen LogP contribution in [-0.2, 0) is 13.5 Å². The van der Waals surface area contributed by atoms with Crippen molar-refractivity contribution < 1.29 is 10.0 Å². The van der Waals surface area contributed by atoms with Crippen LogP contribution >= 0.6 is 11.8 Å². The third kappa shape index (κ3) is 2.73. The minimum absolute atomic E-state index is 0.00386. The number of aliphatic hydroxyl groups is 1. The normalized spacial score (nSPS) is 10.7. The first-order valence-corrected chi connectivity index (χ1v) is 6.04. The molecule has 1 heterocycles. The molecule has 0 bridgehead atoms. The zero-order valence-electron chi connectivity index (χ0n) is 9.34. The van der Waals surface area contributed by atoms with Gasteiger partial charge in [-0.15, -0.1) is 0 Å². The largest absolute Gasteiger partial charge is 0.396 e. The fourth-order valence-corrected chi connectivity index (χ4v) is 2.28. The highest BCUT2D eigenvalue weighted by Crippen LogP contribution is 2.32. The number of rotatable bonds is 6. The molecule has 7 heteroatoms. The van der Waals surface area contributed by atoms with Gasteiger partial charge in [0.2, 0.25) is 0 Å². The fraction of sp³-hybridized carbons (Fsp3) is 0.667. The van der Waals surface area contributed by atoms with Crippen LogP contribution in [0.3, 0.4) is 0 Å². The van der Waals surface area contributed by atoms with Crippen LogP contribution in [0.2, 0.25) is 0 Å². The molecule has 0 saturated carbocycles. The molecule has 1 rings (SSSR count). The summed E-state index contributed by atoms with van der Waals surface area (Å²) >= 11 is 1.26. The third-order valence-corrected chi connectivity index (χ3v) is 3.16. The number of nitrogens with zero attached hydrogens (tertiary/aromatic N) is 3. The molecule has 0 aromatic carbocycles. The molecule has 0 radical (unpaired) electrons. The second kappa shape index (κ2) is 5.86. The predicted octanol–water partition coefficient (Wildman–Crippen LogP) is 1.37. The molecule has 1 N–H and O–H groups in total. The van der Waals surface area contributed by atoms with E-state index >= 15 is 0 Å². The Hall–Kier alpha value is -1.08. The summed E-state index contributed by atoms with van der Waals surface area (Å²) in [6.45, 7) is 1.95. The molecule has 0 spiro atoms. The molecule has 6 nitrogen and oxygen atoms in total. The van der Waals surface area contributed by atoms with Gasteiger partial charge in [-0.2, -0.15) is 5.10 Å². The first-order valence-electron chi connectivity index (χ1n) is 5.05. The van der Waals surface area contributed by atoms with E-state index in [0.717, 1.165) is 6.42 Å². The van der Waals surface area contributed by atoms with Crippen molar-refractivity contribution in [1.29, 1.82) is 0 Å². The number of nitro groups is 1. The number of aryl methyl sites for hydroxylation is 2. The van der Waals surface area contributed by atoms with Crippen LogP contribution in [0, 0.1) is 10.1 Å².